The molecule has 8 heteroatoms. The van der Waals surface area contributed by atoms with E-state index in [1.807, 2.05) is 6.92 Å². The second-order valence-corrected chi connectivity index (χ2v) is 6.63. The minimum atomic E-state index is -0.504. The molecule has 1 aromatic heterocycles. The number of benzene rings is 2. The van der Waals surface area contributed by atoms with Gasteiger partial charge in [0.15, 0.2) is 17.2 Å². The Bertz CT molecular complexity index is 1180. The van der Waals surface area contributed by atoms with Gasteiger partial charge in [-0.2, -0.15) is 10.2 Å². The Kier molecular flexibility index (Phi) is 7.16. The molecular weight excluding hydrogens is 396 g/mol. The zero-order chi connectivity index (χ0) is 22.2. The summed E-state index contributed by atoms with van der Waals surface area (Å²) in [5.41, 5.74) is 3.11. The second-order valence-electron chi connectivity index (χ2n) is 6.63. The molecule has 8 nitrogen and oxygen atoms in total. The van der Waals surface area contributed by atoms with Gasteiger partial charge >= 0.3 is 0 Å². The van der Waals surface area contributed by atoms with Gasteiger partial charge in [-0.25, -0.2) is 10.1 Å². The molecule has 3 rings (SSSR count). The normalized spacial score (nSPS) is 10.9. The van der Waals surface area contributed by atoms with Crippen LogP contribution in [-0.4, -0.2) is 35.6 Å². The lowest BCUT2D eigenvalue weighted by Gasteiger charge is -2.10. The zero-order valence-electron chi connectivity index (χ0n) is 17.5. The molecule has 0 fully saturated rings. The van der Waals surface area contributed by atoms with Crippen LogP contribution in [0.5, 0.6) is 11.5 Å². The summed E-state index contributed by atoms with van der Waals surface area (Å²) >= 11 is 0. The molecule has 1 N–H and O–H groups in total. The van der Waals surface area contributed by atoms with Gasteiger partial charge in [-0.05, 0) is 36.2 Å². The lowest BCUT2D eigenvalue weighted by atomic mass is 10.1. The van der Waals surface area contributed by atoms with E-state index in [9.17, 15) is 9.59 Å². The molecule has 0 saturated carbocycles. The van der Waals surface area contributed by atoms with Crippen molar-refractivity contribution in [3.05, 3.63) is 76.7 Å². The van der Waals surface area contributed by atoms with Crippen LogP contribution in [0, 0.1) is 0 Å². The van der Waals surface area contributed by atoms with Crippen molar-refractivity contribution in [1.29, 1.82) is 0 Å². The number of methoxy groups -OCH3 is 1. The van der Waals surface area contributed by atoms with Crippen LogP contribution in [0.15, 0.2) is 65.0 Å². The number of carbonyl (C=O) groups excluding carboxylic acids is 1. The molecule has 31 heavy (non-hydrogen) atoms. The number of hydrogen-bond donors (Lipinski definition) is 1. The van der Waals surface area contributed by atoms with Crippen LogP contribution in [0.25, 0.3) is 10.8 Å². The molecule has 0 saturated heterocycles. The van der Waals surface area contributed by atoms with Crippen molar-refractivity contribution in [1.82, 2.24) is 15.2 Å². The fourth-order valence-corrected chi connectivity index (χ4v) is 3.02. The fourth-order valence-electron chi connectivity index (χ4n) is 3.02. The highest BCUT2D eigenvalue weighted by molar-refractivity contribution is 6.05. The molecule has 0 unspecified atom stereocenters. The van der Waals surface area contributed by atoms with Crippen molar-refractivity contribution in [3.63, 3.8) is 0 Å². The number of fused-ring (bicyclic) bond motifs is 1. The maximum absolute atomic E-state index is 12.8. The van der Waals surface area contributed by atoms with E-state index in [0.717, 1.165) is 6.42 Å². The lowest BCUT2D eigenvalue weighted by Crippen LogP contribution is -2.29. The van der Waals surface area contributed by atoms with Gasteiger partial charge in [-0.1, -0.05) is 37.8 Å². The standard InChI is InChI=1S/C23H24N4O4/c1-4-12-27-23(29)18-9-7-6-8-17(18)21(26-27)22(28)25-24-15-16-10-11-19(31-13-5-2)20(14-16)30-3/h5-11,14-15H,2,4,12-13H2,1,3H3,(H,25,28)/b24-15-. The summed E-state index contributed by atoms with van der Waals surface area (Å²) in [6.07, 6.45) is 3.85. The predicted octanol–water partition coefficient (Wildman–Crippen LogP) is 3.14. The predicted molar refractivity (Wildman–Crippen MR) is 120 cm³/mol. The third-order valence-electron chi connectivity index (χ3n) is 4.44. The average Bonchev–Trinajstić information content (AvgIpc) is 2.80. The van der Waals surface area contributed by atoms with Crippen LogP contribution in [0.2, 0.25) is 0 Å². The van der Waals surface area contributed by atoms with Gasteiger partial charge in [0.1, 0.15) is 6.61 Å². The highest BCUT2D eigenvalue weighted by atomic mass is 16.5. The maximum atomic E-state index is 12.8. The molecule has 0 bridgehead atoms. The Hall–Kier alpha value is -3.94. The number of ether oxygens (including phenoxy) is 2. The van der Waals surface area contributed by atoms with Gasteiger partial charge in [0.05, 0.1) is 18.7 Å². The fraction of sp³-hybridized carbons (Fsp3) is 0.217. The molecular formula is C23H24N4O4. The summed E-state index contributed by atoms with van der Waals surface area (Å²) in [7, 11) is 1.54. The van der Waals surface area contributed by atoms with Gasteiger partial charge in [0.25, 0.3) is 11.5 Å². The third-order valence-corrected chi connectivity index (χ3v) is 4.44. The van der Waals surface area contributed by atoms with Gasteiger partial charge in [0.2, 0.25) is 0 Å². The summed E-state index contributed by atoms with van der Waals surface area (Å²) in [4.78, 5) is 25.3. The van der Waals surface area contributed by atoms with Crippen molar-refractivity contribution >= 4 is 22.9 Å². The third kappa shape index (κ3) is 4.98. The van der Waals surface area contributed by atoms with E-state index in [1.54, 1.807) is 55.7 Å². The molecule has 0 spiro atoms. The minimum Gasteiger partial charge on any atom is -0.493 e. The molecule has 2 aromatic carbocycles. The van der Waals surface area contributed by atoms with Gasteiger partial charge < -0.3 is 9.47 Å². The smallest absolute Gasteiger partial charge is 0.292 e. The van der Waals surface area contributed by atoms with Crippen LogP contribution in [0.1, 0.15) is 29.4 Å². The van der Waals surface area contributed by atoms with E-state index in [0.29, 0.717) is 41.0 Å². The van der Waals surface area contributed by atoms with Gasteiger partial charge in [-0.3, -0.25) is 9.59 Å². The summed E-state index contributed by atoms with van der Waals surface area (Å²) in [5, 5.41) is 9.21. The van der Waals surface area contributed by atoms with Crippen LogP contribution >= 0.6 is 0 Å². The first-order valence-electron chi connectivity index (χ1n) is 9.84. The molecule has 3 aromatic rings. The van der Waals surface area contributed by atoms with E-state index in [-0.39, 0.29) is 11.3 Å². The molecule has 1 amide bonds. The molecule has 1 heterocycles. The van der Waals surface area contributed by atoms with E-state index >= 15 is 0 Å². The van der Waals surface area contributed by atoms with Crippen LogP contribution in [-0.2, 0) is 6.54 Å². The Morgan fingerprint density at radius 1 is 1.23 bits per heavy atom. The molecule has 0 aliphatic heterocycles. The number of aryl methyl sites for hydroxylation is 1. The highest BCUT2D eigenvalue weighted by Gasteiger charge is 2.16. The first-order valence-corrected chi connectivity index (χ1v) is 9.84. The number of aromatic nitrogens is 2. The maximum Gasteiger partial charge on any atom is 0.292 e. The lowest BCUT2D eigenvalue weighted by molar-refractivity contribution is 0.0949. The van der Waals surface area contributed by atoms with Crippen molar-refractivity contribution in [2.75, 3.05) is 13.7 Å². The van der Waals surface area contributed by atoms with Crippen LogP contribution in [0.4, 0.5) is 0 Å². The number of amides is 1. The molecule has 0 aliphatic rings. The molecule has 160 valence electrons. The number of nitrogens with zero attached hydrogens (tertiary/aromatic N) is 3. The van der Waals surface area contributed by atoms with Crippen molar-refractivity contribution < 1.29 is 14.3 Å². The van der Waals surface area contributed by atoms with E-state index in [4.69, 9.17) is 9.47 Å². The Balaban J connectivity index is 1.83. The minimum absolute atomic E-state index is 0.145. The number of nitrogens with one attached hydrogen (secondary N) is 1. The average molecular weight is 420 g/mol. The summed E-state index contributed by atoms with van der Waals surface area (Å²) in [6, 6.07) is 12.2. The van der Waals surface area contributed by atoms with E-state index in [1.165, 1.54) is 10.9 Å². The number of hydrazone groups is 1. The number of carbonyl (C=O) groups is 1. The van der Waals surface area contributed by atoms with Gasteiger partial charge in [-0.15, -0.1) is 0 Å². The highest BCUT2D eigenvalue weighted by Crippen LogP contribution is 2.27. The monoisotopic (exact) mass is 420 g/mol. The van der Waals surface area contributed by atoms with Crippen molar-refractivity contribution in [3.8, 4) is 11.5 Å². The van der Waals surface area contributed by atoms with Crippen LogP contribution in [0.3, 0.4) is 0 Å². The summed E-state index contributed by atoms with van der Waals surface area (Å²) in [6.45, 7) is 6.34. The van der Waals surface area contributed by atoms with Gasteiger partial charge in [0, 0.05) is 11.9 Å². The van der Waals surface area contributed by atoms with E-state index < -0.39 is 5.91 Å². The number of hydrogen-bond acceptors (Lipinski definition) is 6. The largest absolute Gasteiger partial charge is 0.493 e. The molecule has 0 radical (unpaired) electrons. The van der Waals surface area contributed by atoms with Crippen molar-refractivity contribution in [2.24, 2.45) is 5.10 Å². The second kappa shape index (κ2) is 10.2. The molecule has 0 atom stereocenters. The van der Waals surface area contributed by atoms with Crippen LogP contribution < -0.4 is 20.5 Å². The Morgan fingerprint density at radius 3 is 2.71 bits per heavy atom. The SMILES string of the molecule is C=CCOc1ccc(/C=N\NC(=O)c2nn(CCC)c(=O)c3ccccc23)cc1OC. The van der Waals surface area contributed by atoms with E-state index in [2.05, 4.69) is 22.2 Å². The Labute approximate surface area is 179 Å². The summed E-state index contributed by atoms with van der Waals surface area (Å²) in [5.74, 6) is 0.615. The quantitative estimate of drug-likeness (QED) is 0.326. The summed E-state index contributed by atoms with van der Waals surface area (Å²) < 4.78 is 12.2. The first kappa shape index (κ1) is 21.8. The zero-order valence-corrected chi connectivity index (χ0v) is 17.5. The first-order chi connectivity index (χ1) is 15.1. The molecule has 0 aliphatic carbocycles. The Morgan fingerprint density at radius 2 is 2.00 bits per heavy atom. The van der Waals surface area contributed by atoms with Crippen molar-refractivity contribution in [2.45, 2.75) is 19.9 Å². The topological polar surface area (TPSA) is 94.8 Å². The number of rotatable bonds is 9.